The highest BCUT2D eigenvalue weighted by Gasteiger charge is 2.63. The Morgan fingerprint density at radius 2 is 1.85 bits per heavy atom. The van der Waals surface area contributed by atoms with Crippen molar-refractivity contribution in [3.8, 4) is 0 Å². The Labute approximate surface area is 191 Å². The third kappa shape index (κ3) is 3.84. The van der Waals surface area contributed by atoms with Crippen molar-refractivity contribution < 1.29 is 32.3 Å². The number of hydrogen-bond acceptors (Lipinski definition) is 4. The number of alkyl halides is 3. The number of hydrogen-bond donors (Lipinski definition) is 2. The standard InChI is InChI=1S/C23H18ClF3N2O4/c24-15-5-4-12(23(25,26)27)9-16(15)29-20(30)10-2-1-3-13(6-10)28-21(31)18-11-7-14-17(8-11)33-22(32)19(14)18/h1-6,9,11,14,17-19H,7-8H2,(H,28,31)(H,29,30)/t11-,14-,17+,18+,19-/m1/s1. The number of halogens is 4. The fourth-order valence-corrected chi connectivity index (χ4v) is 5.48. The highest BCUT2D eigenvalue weighted by Crippen LogP contribution is 2.57. The lowest BCUT2D eigenvalue weighted by Gasteiger charge is -2.23. The molecule has 5 atom stereocenters. The van der Waals surface area contributed by atoms with E-state index in [0.29, 0.717) is 12.1 Å². The maximum atomic E-state index is 13.0. The number of esters is 1. The smallest absolute Gasteiger partial charge is 0.416 e. The molecule has 0 aromatic heterocycles. The number of fused-ring (bicyclic) bond motifs is 1. The van der Waals surface area contributed by atoms with Gasteiger partial charge in [-0.3, -0.25) is 14.4 Å². The fraction of sp³-hybridized carbons (Fsp3) is 0.348. The van der Waals surface area contributed by atoms with E-state index in [-0.39, 0.29) is 46.1 Å². The lowest BCUT2D eigenvalue weighted by Crippen LogP contribution is -2.35. The first-order valence-electron chi connectivity index (χ1n) is 10.4. The molecule has 10 heteroatoms. The van der Waals surface area contributed by atoms with Crippen molar-refractivity contribution in [1.29, 1.82) is 0 Å². The van der Waals surface area contributed by atoms with Crippen molar-refractivity contribution in [2.24, 2.45) is 23.7 Å². The van der Waals surface area contributed by atoms with Crippen LogP contribution >= 0.6 is 11.6 Å². The zero-order valence-corrected chi connectivity index (χ0v) is 17.7. The largest absolute Gasteiger partial charge is 0.462 e. The number of carbonyl (C=O) groups excluding carboxylic acids is 3. The van der Waals surface area contributed by atoms with Crippen LogP contribution in [0.15, 0.2) is 42.5 Å². The van der Waals surface area contributed by atoms with Crippen molar-refractivity contribution >= 4 is 40.8 Å². The summed E-state index contributed by atoms with van der Waals surface area (Å²) in [5.74, 6) is -2.03. The lowest BCUT2D eigenvalue weighted by atomic mass is 9.79. The van der Waals surface area contributed by atoms with Crippen LogP contribution in [0.5, 0.6) is 0 Å². The van der Waals surface area contributed by atoms with Gasteiger partial charge in [-0.25, -0.2) is 0 Å². The molecule has 172 valence electrons. The van der Waals surface area contributed by atoms with E-state index >= 15 is 0 Å². The van der Waals surface area contributed by atoms with E-state index in [9.17, 15) is 27.6 Å². The Kier molecular flexibility index (Phi) is 5.12. The van der Waals surface area contributed by atoms with E-state index in [1.165, 1.54) is 12.1 Å². The first kappa shape index (κ1) is 21.8. The van der Waals surface area contributed by atoms with Crippen molar-refractivity contribution in [2.75, 3.05) is 10.6 Å². The number of benzene rings is 2. The molecule has 0 unspecified atom stereocenters. The van der Waals surface area contributed by atoms with Gasteiger partial charge in [-0.05, 0) is 55.2 Å². The van der Waals surface area contributed by atoms with Crippen molar-refractivity contribution in [1.82, 2.24) is 0 Å². The maximum absolute atomic E-state index is 13.0. The van der Waals surface area contributed by atoms with Gasteiger partial charge in [-0.2, -0.15) is 13.2 Å². The third-order valence-corrected chi connectivity index (χ3v) is 7.05. The summed E-state index contributed by atoms with van der Waals surface area (Å²) >= 11 is 5.95. The van der Waals surface area contributed by atoms with Crippen molar-refractivity contribution in [2.45, 2.75) is 25.1 Å². The maximum Gasteiger partial charge on any atom is 0.416 e. The molecule has 1 heterocycles. The topological polar surface area (TPSA) is 84.5 Å². The van der Waals surface area contributed by atoms with Gasteiger partial charge in [0.05, 0.1) is 28.1 Å². The third-order valence-electron chi connectivity index (χ3n) is 6.72. The lowest BCUT2D eigenvalue weighted by molar-refractivity contribution is -0.145. The summed E-state index contributed by atoms with van der Waals surface area (Å²) in [6, 6.07) is 8.65. The second-order valence-corrected chi connectivity index (χ2v) is 9.05. The highest BCUT2D eigenvalue weighted by atomic mass is 35.5. The summed E-state index contributed by atoms with van der Waals surface area (Å²) in [5, 5.41) is 5.11. The second kappa shape index (κ2) is 7.76. The van der Waals surface area contributed by atoms with E-state index in [2.05, 4.69) is 10.6 Å². The van der Waals surface area contributed by atoms with Gasteiger partial charge < -0.3 is 15.4 Å². The first-order chi connectivity index (χ1) is 15.6. The molecule has 3 fully saturated rings. The van der Waals surface area contributed by atoms with Gasteiger partial charge >= 0.3 is 12.1 Å². The normalized spacial score (nSPS) is 27.4. The molecule has 2 aromatic carbocycles. The molecule has 2 aromatic rings. The Morgan fingerprint density at radius 3 is 2.61 bits per heavy atom. The van der Waals surface area contributed by atoms with Crippen LogP contribution in [-0.4, -0.2) is 23.9 Å². The molecular weight excluding hydrogens is 461 g/mol. The molecule has 2 saturated carbocycles. The van der Waals surface area contributed by atoms with Gasteiger partial charge in [0.15, 0.2) is 0 Å². The number of rotatable bonds is 4. The number of ether oxygens (including phenoxy) is 1. The molecule has 1 aliphatic heterocycles. The first-order valence-corrected chi connectivity index (χ1v) is 10.8. The van der Waals surface area contributed by atoms with Crippen LogP contribution < -0.4 is 10.6 Å². The minimum Gasteiger partial charge on any atom is -0.462 e. The fourth-order valence-electron chi connectivity index (χ4n) is 5.32. The van der Waals surface area contributed by atoms with E-state index in [1.54, 1.807) is 12.1 Å². The van der Waals surface area contributed by atoms with Crippen molar-refractivity contribution in [3.05, 3.63) is 58.6 Å². The molecule has 3 aliphatic rings. The van der Waals surface area contributed by atoms with Gasteiger partial charge in [0.25, 0.3) is 5.91 Å². The van der Waals surface area contributed by atoms with Gasteiger partial charge in [-0.1, -0.05) is 17.7 Å². The molecule has 2 N–H and O–H groups in total. The van der Waals surface area contributed by atoms with Crippen LogP contribution in [0.2, 0.25) is 5.02 Å². The van der Waals surface area contributed by atoms with Crippen LogP contribution in [-0.2, 0) is 20.5 Å². The minimum atomic E-state index is -4.58. The zero-order chi connectivity index (χ0) is 23.5. The van der Waals surface area contributed by atoms with Crippen LogP contribution in [0.25, 0.3) is 0 Å². The molecule has 2 bridgehead atoms. The number of anilines is 2. The molecular formula is C23H18ClF3N2O4. The van der Waals surface area contributed by atoms with Crippen LogP contribution in [0.1, 0.15) is 28.8 Å². The average Bonchev–Trinajstić information content (AvgIpc) is 3.37. The summed E-state index contributed by atoms with van der Waals surface area (Å²) in [4.78, 5) is 37.7. The quantitative estimate of drug-likeness (QED) is 0.621. The summed E-state index contributed by atoms with van der Waals surface area (Å²) in [6.07, 6.45) is -3.18. The summed E-state index contributed by atoms with van der Waals surface area (Å²) in [6.45, 7) is 0. The molecule has 33 heavy (non-hydrogen) atoms. The van der Waals surface area contributed by atoms with Gasteiger partial charge in [0.1, 0.15) is 6.10 Å². The molecule has 2 amide bonds. The number of nitrogens with one attached hydrogen (secondary N) is 2. The molecule has 6 nitrogen and oxygen atoms in total. The van der Waals surface area contributed by atoms with E-state index in [0.717, 1.165) is 24.6 Å². The second-order valence-electron chi connectivity index (χ2n) is 8.64. The van der Waals surface area contributed by atoms with Crippen LogP contribution in [0.4, 0.5) is 24.5 Å². The Morgan fingerprint density at radius 1 is 1.06 bits per heavy atom. The number of amides is 2. The Bertz CT molecular complexity index is 1170. The van der Waals surface area contributed by atoms with Crippen LogP contribution in [0.3, 0.4) is 0 Å². The molecule has 1 saturated heterocycles. The Balaban J connectivity index is 1.30. The predicted octanol–water partition coefficient (Wildman–Crippen LogP) is 4.75. The monoisotopic (exact) mass is 478 g/mol. The van der Waals surface area contributed by atoms with Crippen LogP contribution in [0, 0.1) is 23.7 Å². The average molecular weight is 479 g/mol. The zero-order valence-electron chi connectivity index (χ0n) is 17.0. The molecule has 0 radical (unpaired) electrons. The number of carbonyl (C=O) groups is 3. The molecule has 5 rings (SSSR count). The van der Waals surface area contributed by atoms with Gasteiger partial charge in [0.2, 0.25) is 5.91 Å². The van der Waals surface area contributed by atoms with Gasteiger partial charge in [0, 0.05) is 17.2 Å². The SMILES string of the molecule is O=C(Nc1cc(C(F)(F)F)ccc1Cl)c1cccc(NC(=O)[C@H]2[C@@H]3C[C@H]4[C@H]2C(=O)O[C@H]4C3)c1. The Hall–Kier alpha value is -3.07. The van der Waals surface area contributed by atoms with E-state index < -0.39 is 29.5 Å². The summed E-state index contributed by atoms with van der Waals surface area (Å²) in [7, 11) is 0. The summed E-state index contributed by atoms with van der Waals surface area (Å²) in [5.41, 5.74) is -0.660. The minimum absolute atomic E-state index is 0.0427. The van der Waals surface area contributed by atoms with E-state index in [4.69, 9.17) is 16.3 Å². The van der Waals surface area contributed by atoms with Crippen molar-refractivity contribution in [3.63, 3.8) is 0 Å². The van der Waals surface area contributed by atoms with E-state index in [1.807, 2.05) is 0 Å². The molecule has 2 aliphatic carbocycles. The highest BCUT2D eigenvalue weighted by molar-refractivity contribution is 6.34. The predicted molar refractivity (Wildman–Crippen MR) is 113 cm³/mol. The summed E-state index contributed by atoms with van der Waals surface area (Å²) < 4.78 is 44.3. The molecule has 0 spiro atoms. The van der Waals surface area contributed by atoms with Gasteiger partial charge in [-0.15, -0.1) is 0 Å².